The Bertz CT molecular complexity index is 726. The van der Waals surface area contributed by atoms with Gasteiger partial charge in [0.2, 0.25) is 0 Å². The molecule has 8 nitrogen and oxygen atoms in total. The summed E-state index contributed by atoms with van der Waals surface area (Å²) in [6.07, 6.45) is 1.08. The molecule has 0 saturated heterocycles. The molecule has 1 aromatic rings. The number of ether oxygens (including phenoxy) is 1. The van der Waals surface area contributed by atoms with E-state index in [2.05, 4.69) is 9.38 Å². The van der Waals surface area contributed by atoms with Crippen molar-refractivity contribution in [1.82, 2.24) is 14.8 Å². The molecule has 12 heteroatoms. The van der Waals surface area contributed by atoms with Gasteiger partial charge >= 0.3 is 21.7 Å². The minimum absolute atomic E-state index is 0.233. The first-order valence-electron chi connectivity index (χ1n) is 7.35. The number of carbonyl (C=O) groups excluding carboxylic acids is 1. The van der Waals surface area contributed by atoms with E-state index in [1.54, 1.807) is 20.8 Å². The maximum Gasteiger partial charge on any atom is 0.536 e. The largest absolute Gasteiger partial charge is 0.536 e. The minimum atomic E-state index is -5.79. The lowest BCUT2D eigenvalue weighted by Crippen LogP contribution is -2.38. The van der Waals surface area contributed by atoms with E-state index >= 15 is 0 Å². The summed E-state index contributed by atoms with van der Waals surface area (Å²) in [5, 5.41) is 3.71. The van der Waals surface area contributed by atoms with Crippen molar-refractivity contribution < 1.29 is 35.4 Å². The van der Waals surface area contributed by atoms with Crippen LogP contribution in [0.2, 0.25) is 0 Å². The van der Waals surface area contributed by atoms with Crippen molar-refractivity contribution in [3.05, 3.63) is 17.5 Å². The van der Waals surface area contributed by atoms with Gasteiger partial charge in [0.25, 0.3) is 0 Å². The van der Waals surface area contributed by atoms with Crippen LogP contribution in [-0.4, -0.2) is 53.6 Å². The Morgan fingerprint density at radius 1 is 1.20 bits per heavy atom. The molecule has 0 radical (unpaired) electrons. The molecule has 0 atom stereocenters. The molecule has 1 amide bonds. The molecular formula is C13H18F3N3O5S. The fourth-order valence-corrected chi connectivity index (χ4v) is 2.50. The summed E-state index contributed by atoms with van der Waals surface area (Å²) in [5.41, 5.74) is -5.32. The number of halogens is 3. The molecule has 142 valence electrons. The second kappa shape index (κ2) is 6.39. The summed E-state index contributed by atoms with van der Waals surface area (Å²) in [6.45, 7) is 5.71. The summed E-state index contributed by atoms with van der Waals surface area (Å²) in [4.78, 5) is 13.8. The van der Waals surface area contributed by atoms with E-state index in [0.717, 1.165) is 6.20 Å². The SMILES string of the molecule is CC(C)(C)OC(=O)N1CCc2cn(OS(=O)(=O)C(F)(F)F)nc2CC1. The van der Waals surface area contributed by atoms with Crippen LogP contribution in [0.3, 0.4) is 0 Å². The Hall–Kier alpha value is -1.98. The van der Waals surface area contributed by atoms with Gasteiger partial charge in [0.15, 0.2) is 0 Å². The van der Waals surface area contributed by atoms with Gasteiger partial charge in [0.1, 0.15) is 5.60 Å². The summed E-state index contributed by atoms with van der Waals surface area (Å²) < 4.78 is 68.2. The van der Waals surface area contributed by atoms with Crippen molar-refractivity contribution in [1.29, 1.82) is 0 Å². The fourth-order valence-electron chi connectivity index (χ4n) is 2.14. The van der Waals surface area contributed by atoms with E-state index in [1.165, 1.54) is 4.90 Å². The van der Waals surface area contributed by atoms with Crippen LogP contribution in [0.4, 0.5) is 18.0 Å². The van der Waals surface area contributed by atoms with Crippen molar-refractivity contribution >= 4 is 16.2 Å². The second-order valence-corrected chi connectivity index (χ2v) is 7.97. The highest BCUT2D eigenvalue weighted by Crippen LogP contribution is 2.23. The van der Waals surface area contributed by atoms with E-state index in [4.69, 9.17) is 4.74 Å². The Morgan fingerprint density at radius 2 is 1.80 bits per heavy atom. The lowest BCUT2D eigenvalue weighted by molar-refractivity contribution is -0.0557. The van der Waals surface area contributed by atoms with Gasteiger partial charge in [0.05, 0.1) is 11.9 Å². The molecule has 0 unspecified atom stereocenters. The highest BCUT2D eigenvalue weighted by Gasteiger charge is 2.49. The number of hydrogen-bond acceptors (Lipinski definition) is 6. The van der Waals surface area contributed by atoms with E-state index in [9.17, 15) is 26.4 Å². The first kappa shape index (κ1) is 19.3. The van der Waals surface area contributed by atoms with Crippen molar-refractivity contribution in [2.45, 2.75) is 44.7 Å². The van der Waals surface area contributed by atoms with E-state index < -0.39 is 27.3 Å². The number of amides is 1. The smallest absolute Gasteiger partial charge is 0.444 e. The maximum absolute atomic E-state index is 12.3. The van der Waals surface area contributed by atoms with Crippen molar-refractivity contribution in [2.75, 3.05) is 13.1 Å². The van der Waals surface area contributed by atoms with Gasteiger partial charge < -0.3 is 9.64 Å². The quantitative estimate of drug-likeness (QED) is 0.717. The zero-order valence-corrected chi connectivity index (χ0v) is 14.6. The molecule has 1 aliphatic heterocycles. The van der Waals surface area contributed by atoms with Crippen molar-refractivity contribution in [3.63, 3.8) is 0 Å². The van der Waals surface area contributed by atoms with E-state index in [1.807, 2.05) is 0 Å². The van der Waals surface area contributed by atoms with Crippen LogP contribution in [0.1, 0.15) is 32.0 Å². The van der Waals surface area contributed by atoms with Crippen molar-refractivity contribution in [3.8, 4) is 0 Å². The molecule has 0 saturated carbocycles. The predicted octanol–water partition coefficient (Wildman–Crippen LogP) is 1.50. The van der Waals surface area contributed by atoms with Gasteiger partial charge in [-0.05, 0) is 32.8 Å². The Labute approximate surface area is 142 Å². The molecule has 25 heavy (non-hydrogen) atoms. The van der Waals surface area contributed by atoms with Gasteiger partial charge in [-0.15, -0.1) is 5.10 Å². The molecule has 1 aliphatic rings. The Morgan fingerprint density at radius 3 is 2.36 bits per heavy atom. The third kappa shape index (κ3) is 4.77. The number of aromatic nitrogens is 2. The van der Waals surface area contributed by atoms with Gasteiger partial charge in [-0.25, -0.2) is 4.79 Å². The second-order valence-electron chi connectivity index (χ2n) is 6.45. The van der Waals surface area contributed by atoms with Crippen LogP contribution < -0.4 is 4.28 Å². The molecule has 0 N–H and O–H groups in total. The summed E-state index contributed by atoms with van der Waals surface area (Å²) in [7, 11) is -5.79. The number of nitrogens with zero attached hydrogens (tertiary/aromatic N) is 3. The van der Waals surface area contributed by atoms with Crippen LogP contribution in [-0.2, 0) is 27.7 Å². The number of alkyl halides is 3. The average molecular weight is 385 g/mol. The number of fused-ring (bicyclic) bond motifs is 1. The normalized spacial score (nSPS) is 16.2. The number of rotatable bonds is 2. The Kier molecular flexibility index (Phi) is 4.94. The van der Waals surface area contributed by atoms with Crippen LogP contribution >= 0.6 is 0 Å². The van der Waals surface area contributed by atoms with E-state index in [-0.39, 0.29) is 30.8 Å². The minimum Gasteiger partial charge on any atom is -0.444 e. The highest BCUT2D eigenvalue weighted by molar-refractivity contribution is 7.87. The molecule has 1 aromatic heterocycles. The molecule has 2 rings (SSSR count). The third-order valence-corrected chi connectivity index (χ3v) is 4.15. The van der Waals surface area contributed by atoms with E-state index in [0.29, 0.717) is 11.3 Å². The topological polar surface area (TPSA) is 90.7 Å². The predicted molar refractivity (Wildman–Crippen MR) is 79.0 cm³/mol. The van der Waals surface area contributed by atoms with Crippen LogP contribution in [0.25, 0.3) is 0 Å². The van der Waals surface area contributed by atoms with Gasteiger partial charge in [0, 0.05) is 19.5 Å². The molecule has 0 spiro atoms. The van der Waals surface area contributed by atoms with Gasteiger partial charge in [-0.2, -0.15) is 21.6 Å². The third-order valence-electron chi connectivity index (χ3n) is 3.24. The van der Waals surface area contributed by atoms with Crippen LogP contribution in [0.5, 0.6) is 0 Å². The maximum atomic E-state index is 12.3. The lowest BCUT2D eigenvalue weighted by atomic mass is 10.2. The summed E-state index contributed by atoms with van der Waals surface area (Å²) in [5.74, 6) is 0. The fraction of sp³-hybridized carbons (Fsp3) is 0.692. The molecule has 2 heterocycles. The van der Waals surface area contributed by atoms with Crippen LogP contribution in [0.15, 0.2) is 6.20 Å². The van der Waals surface area contributed by atoms with Crippen molar-refractivity contribution in [2.24, 2.45) is 0 Å². The lowest BCUT2D eigenvalue weighted by Gasteiger charge is -2.26. The number of carbonyl (C=O) groups is 1. The molecule has 0 fully saturated rings. The summed E-state index contributed by atoms with van der Waals surface area (Å²) >= 11 is 0. The van der Waals surface area contributed by atoms with Gasteiger partial charge in [-0.1, -0.05) is 4.85 Å². The molecule has 0 aliphatic carbocycles. The number of hydrogen-bond donors (Lipinski definition) is 0. The first-order chi connectivity index (χ1) is 11.3. The first-order valence-corrected chi connectivity index (χ1v) is 8.76. The average Bonchev–Trinajstić information content (AvgIpc) is 2.65. The summed E-state index contributed by atoms with van der Waals surface area (Å²) in [6, 6.07) is 0. The Balaban J connectivity index is 2.06. The molecule has 0 bridgehead atoms. The van der Waals surface area contributed by atoms with Gasteiger partial charge in [-0.3, -0.25) is 4.28 Å². The zero-order valence-electron chi connectivity index (χ0n) is 13.8. The highest BCUT2D eigenvalue weighted by atomic mass is 32.2. The zero-order chi connectivity index (χ0) is 19.0. The van der Waals surface area contributed by atoms with Crippen LogP contribution in [0, 0.1) is 0 Å². The standard InChI is InChI=1S/C13H18F3N3O5S/c1-12(2,3)23-11(20)18-6-4-9-8-19(17-10(9)5-7-18)24-25(21,22)13(14,15)16/h8H,4-7H2,1-3H3. The molecular weight excluding hydrogens is 367 g/mol. The molecule has 0 aromatic carbocycles. The monoisotopic (exact) mass is 385 g/mol.